The van der Waals surface area contributed by atoms with Gasteiger partial charge in [-0.15, -0.1) is 0 Å². The van der Waals surface area contributed by atoms with Crippen molar-refractivity contribution in [2.24, 2.45) is 0 Å². The zero-order chi connectivity index (χ0) is 17.4. The highest BCUT2D eigenvalue weighted by molar-refractivity contribution is 6.30. The van der Waals surface area contributed by atoms with Crippen molar-refractivity contribution < 1.29 is 4.79 Å². The summed E-state index contributed by atoms with van der Waals surface area (Å²) in [7, 11) is 0. The average molecular weight is 358 g/mol. The highest BCUT2D eigenvalue weighted by atomic mass is 35.5. The number of likely N-dealkylation sites (tertiary alicyclic amines) is 1. The van der Waals surface area contributed by atoms with Crippen molar-refractivity contribution in [3.8, 4) is 5.69 Å². The van der Waals surface area contributed by atoms with E-state index in [0.29, 0.717) is 16.1 Å². The van der Waals surface area contributed by atoms with E-state index in [1.165, 1.54) is 17.1 Å². The smallest absolute Gasteiger partial charge is 0.264 e. The van der Waals surface area contributed by atoms with Crippen LogP contribution in [0.1, 0.15) is 12.8 Å². The summed E-state index contributed by atoms with van der Waals surface area (Å²) in [5, 5.41) is 5.20. The van der Waals surface area contributed by atoms with Crippen LogP contribution in [0.3, 0.4) is 0 Å². The molecule has 128 valence electrons. The normalized spacial score (nSPS) is 14.4. The maximum Gasteiger partial charge on any atom is 0.264 e. The van der Waals surface area contributed by atoms with Crippen molar-refractivity contribution in [3.05, 3.63) is 52.2 Å². The van der Waals surface area contributed by atoms with Crippen molar-refractivity contribution in [2.75, 3.05) is 13.1 Å². The molecule has 1 aliphatic heterocycles. The number of fused-ring (bicyclic) bond motifs is 1. The summed E-state index contributed by atoms with van der Waals surface area (Å²) >= 11 is 6.02. The van der Waals surface area contributed by atoms with Gasteiger partial charge in [0.05, 0.1) is 11.9 Å². The molecule has 0 bridgehead atoms. The first-order chi connectivity index (χ1) is 12.1. The standard InChI is InChI=1S/C17H16ClN5O2/c18-12-4-3-5-13(8-12)23-16-14(9-20-23)17(25)22(11-19-16)10-15(24)21-6-1-2-7-21/h3-5,8-9,11H,1-2,6-7,10H2. The van der Waals surface area contributed by atoms with Gasteiger partial charge >= 0.3 is 0 Å². The van der Waals surface area contributed by atoms with Crippen LogP contribution in [0.25, 0.3) is 16.7 Å². The zero-order valence-corrected chi connectivity index (χ0v) is 14.2. The maximum absolute atomic E-state index is 12.7. The second-order valence-corrected chi connectivity index (χ2v) is 6.48. The molecule has 8 heteroatoms. The first kappa shape index (κ1) is 15.8. The topological polar surface area (TPSA) is 73.0 Å². The first-order valence-corrected chi connectivity index (χ1v) is 8.48. The van der Waals surface area contributed by atoms with Crippen LogP contribution in [-0.4, -0.2) is 43.2 Å². The van der Waals surface area contributed by atoms with Crippen molar-refractivity contribution in [1.82, 2.24) is 24.2 Å². The lowest BCUT2D eigenvalue weighted by atomic mass is 10.3. The van der Waals surface area contributed by atoms with E-state index >= 15 is 0 Å². The SMILES string of the molecule is O=C(Cn1cnc2c(cnn2-c2cccc(Cl)c2)c1=O)N1CCCC1. The van der Waals surface area contributed by atoms with Gasteiger partial charge in [0.25, 0.3) is 5.56 Å². The second kappa shape index (κ2) is 6.33. The van der Waals surface area contributed by atoms with Gasteiger partial charge in [0.2, 0.25) is 5.91 Å². The number of benzene rings is 1. The molecule has 3 aromatic rings. The molecule has 1 saturated heterocycles. The number of rotatable bonds is 3. The molecule has 0 saturated carbocycles. The van der Waals surface area contributed by atoms with Crippen LogP contribution < -0.4 is 5.56 Å². The molecule has 25 heavy (non-hydrogen) atoms. The van der Waals surface area contributed by atoms with Crippen LogP contribution >= 0.6 is 11.6 Å². The molecule has 1 fully saturated rings. The van der Waals surface area contributed by atoms with Crippen LogP contribution in [0.15, 0.2) is 41.6 Å². The number of hydrogen-bond donors (Lipinski definition) is 0. The van der Waals surface area contributed by atoms with Gasteiger partial charge in [0.1, 0.15) is 18.3 Å². The van der Waals surface area contributed by atoms with Gasteiger partial charge in [0.15, 0.2) is 5.65 Å². The Hall–Kier alpha value is -2.67. The molecule has 0 spiro atoms. The number of nitrogens with zero attached hydrogens (tertiary/aromatic N) is 5. The lowest BCUT2D eigenvalue weighted by molar-refractivity contribution is -0.130. The molecule has 0 aliphatic carbocycles. The molecule has 0 N–H and O–H groups in total. The summed E-state index contributed by atoms with van der Waals surface area (Å²) in [4.78, 5) is 31.1. The summed E-state index contributed by atoms with van der Waals surface area (Å²) in [5.74, 6) is -0.0528. The van der Waals surface area contributed by atoms with E-state index in [2.05, 4.69) is 10.1 Å². The van der Waals surface area contributed by atoms with Crippen LogP contribution in [0.5, 0.6) is 0 Å². The Morgan fingerprint density at radius 1 is 1.24 bits per heavy atom. The molecule has 1 aliphatic rings. The predicted octanol–water partition coefficient (Wildman–Crippen LogP) is 1.86. The maximum atomic E-state index is 12.7. The first-order valence-electron chi connectivity index (χ1n) is 8.10. The number of carbonyl (C=O) groups is 1. The minimum Gasteiger partial charge on any atom is -0.341 e. The van der Waals surface area contributed by atoms with Crippen LogP contribution in [-0.2, 0) is 11.3 Å². The van der Waals surface area contributed by atoms with Gasteiger partial charge in [-0.1, -0.05) is 17.7 Å². The molecule has 0 unspecified atom stereocenters. The Balaban J connectivity index is 1.70. The quantitative estimate of drug-likeness (QED) is 0.717. The summed E-state index contributed by atoms with van der Waals surface area (Å²) in [6, 6.07) is 7.16. The van der Waals surface area contributed by atoms with Gasteiger partial charge in [-0.25, -0.2) is 9.67 Å². The van der Waals surface area contributed by atoms with Crippen molar-refractivity contribution in [2.45, 2.75) is 19.4 Å². The average Bonchev–Trinajstić information content (AvgIpc) is 3.27. The van der Waals surface area contributed by atoms with E-state index in [1.54, 1.807) is 27.8 Å². The summed E-state index contributed by atoms with van der Waals surface area (Å²) in [6.07, 6.45) is 4.92. The van der Waals surface area contributed by atoms with Gasteiger partial charge < -0.3 is 4.90 Å². The monoisotopic (exact) mass is 357 g/mol. The highest BCUT2D eigenvalue weighted by Gasteiger charge is 2.19. The summed E-state index contributed by atoms with van der Waals surface area (Å²) in [5.41, 5.74) is 0.892. The second-order valence-electron chi connectivity index (χ2n) is 6.04. The van der Waals surface area contributed by atoms with E-state index in [9.17, 15) is 9.59 Å². The Labute approximate surface area is 148 Å². The van der Waals surface area contributed by atoms with Crippen LogP contribution in [0.2, 0.25) is 5.02 Å². The Kier molecular flexibility index (Phi) is 4.01. The predicted molar refractivity (Wildman–Crippen MR) is 93.9 cm³/mol. The molecule has 0 radical (unpaired) electrons. The molecular formula is C17H16ClN5O2. The highest BCUT2D eigenvalue weighted by Crippen LogP contribution is 2.17. The number of halogens is 1. The Morgan fingerprint density at radius 3 is 2.80 bits per heavy atom. The van der Waals surface area contributed by atoms with Crippen molar-refractivity contribution in [3.63, 3.8) is 0 Å². The number of hydrogen-bond acceptors (Lipinski definition) is 4. The minimum atomic E-state index is -0.272. The fourth-order valence-electron chi connectivity index (χ4n) is 3.07. The lowest BCUT2D eigenvalue weighted by Gasteiger charge is -2.15. The molecular weight excluding hydrogens is 342 g/mol. The molecule has 1 aromatic carbocycles. The zero-order valence-electron chi connectivity index (χ0n) is 13.4. The lowest BCUT2D eigenvalue weighted by Crippen LogP contribution is -2.34. The van der Waals surface area contributed by atoms with Gasteiger partial charge in [-0.2, -0.15) is 5.10 Å². The van der Waals surface area contributed by atoms with Gasteiger partial charge in [-0.3, -0.25) is 14.2 Å². The van der Waals surface area contributed by atoms with E-state index in [0.717, 1.165) is 31.6 Å². The molecule has 7 nitrogen and oxygen atoms in total. The summed E-state index contributed by atoms with van der Waals surface area (Å²) < 4.78 is 2.90. The van der Waals surface area contributed by atoms with E-state index in [-0.39, 0.29) is 18.0 Å². The summed E-state index contributed by atoms with van der Waals surface area (Å²) in [6.45, 7) is 1.52. The third-order valence-corrected chi connectivity index (χ3v) is 4.61. The van der Waals surface area contributed by atoms with E-state index < -0.39 is 0 Å². The Morgan fingerprint density at radius 2 is 2.04 bits per heavy atom. The van der Waals surface area contributed by atoms with Crippen LogP contribution in [0.4, 0.5) is 0 Å². The molecule has 3 heterocycles. The van der Waals surface area contributed by atoms with Crippen molar-refractivity contribution in [1.29, 1.82) is 0 Å². The fourth-order valence-corrected chi connectivity index (χ4v) is 3.25. The van der Waals surface area contributed by atoms with Gasteiger partial charge in [-0.05, 0) is 31.0 Å². The third kappa shape index (κ3) is 2.91. The fraction of sp³-hybridized carbons (Fsp3) is 0.294. The third-order valence-electron chi connectivity index (χ3n) is 4.37. The number of amides is 1. The van der Waals surface area contributed by atoms with Gasteiger partial charge in [0, 0.05) is 18.1 Å². The molecule has 0 atom stereocenters. The van der Waals surface area contributed by atoms with Crippen LogP contribution in [0, 0.1) is 0 Å². The van der Waals surface area contributed by atoms with Crippen molar-refractivity contribution >= 4 is 28.5 Å². The Bertz CT molecular complexity index is 1000. The van der Waals surface area contributed by atoms with E-state index in [4.69, 9.17) is 11.6 Å². The minimum absolute atomic E-state index is 0.00409. The molecule has 4 rings (SSSR count). The number of aromatic nitrogens is 4. The number of carbonyl (C=O) groups excluding carboxylic acids is 1. The molecule has 2 aromatic heterocycles. The van der Waals surface area contributed by atoms with E-state index in [1.807, 2.05) is 6.07 Å². The largest absolute Gasteiger partial charge is 0.341 e. The molecule has 1 amide bonds.